The first-order valence-electron chi connectivity index (χ1n) is 5.50. The molecule has 2 rings (SSSR count). The highest BCUT2D eigenvalue weighted by atomic mass is 35.5. The smallest absolute Gasteiger partial charge is 0.170 e. The van der Waals surface area contributed by atoms with E-state index in [9.17, 15) is 18.0 Å². The summed E-state index contributed by atoms with van der Waals surface area (Å²) in [6.45, 7) is 0. The van der Waals surface area contributed by atoms with Gasteiger partial charge in [-0.2, -0.15) is 0 Å². The first kappa shape index (κ1) is 14.9. The molecule has 104 valence electrons. The van der Waals surface area contributed by atoms with E-state index in [1.807, 2.05) is 0 Å². The fraction of sp³-hybridized carbons (Fsp3) is 0.0714. The number of carbonyl (C=O) groups is 1. The maximum Gasteiger partial charge on any atom is 0.170 e. The van der Waals surface area contributed by atoms with Gasteiger partial charge in [0.1, 0.15) is 17.5 Å². The van der Waals surface area contributed by atoms with Crippen molar-refractivity contribution in [1.82, 2.24) is 0 Å². The van der Waals surface area contributed by atoms with Crippen LogP contribution in [0.3, 0.4) is 0 Å². The highest BCUT2D eigenvalue weighted by molar-refractivity contribution is 6.31. The number of carbonyl (C=O) groups excluding carboxylic acids is 1. The van der Waals surface area contributed by atoms with Gasteiger partial charge < -0.3 is 0 Å². The lowest BCUT2D eigenvalue weighted by atomic mass is 10.0. The van der Waals surface area contributed by atoms with Gasteiger partial charge in [-0.3, -0.25) is 4.79 Å². The van der Waals surface area contributed by atoms with Crippen LogP contribution < -0.4 is 0 Å². The van der Waals surface area contributed by atoms with E-state index < -0.39 is 33.8 Å². The lowest BCUT2D eigenvalue weighted by molar-refractivity contribution is 0.0988. The highest BCUT2D eigenvalue weighted by Crippen LogP contribution is 2.23. The van der Waals surface area contributed by atoms with Crippen LogP contribution in [0.15, 0.2) is 30.3 Å². The minimum Gasteiger partial charge on any atom is -0.294 e. The van der Waals surface area contributed by atoms with Gasteiger partial charge in [0.2, 0.25) is 0 Å². The van der Waals surface area contributed by atoms with Crippen molar-refractivity contribution < 1.29 is 18.0 Å². The van der Waals surface area contributed by atoms with Gasteiger partial charge in [-0.05, 0) is 29.8 Å². The van der Waals surface area contributed by atoms with Crippen LogP contribution in [0, 0.1) is 17.5 Å². The molecule has 20 heavy (non-hydrogen) atoms. The number of benzene rings is 2. The van der Waals surface area contributed by atoms with Crippen molar-refractivity contribution in [2.75, 3.05) is 0 Å². The molecule has 0 aliphatic heterocycles. The average molecular weight is 319 g/mol. The Morgan fingerprint density at radius 1 is 0.950 bits per heavy atom. The Hall–Kier alpha value is -1.52. The summed E-state index contributed by atoms with van der Waals surface area (Å²) in [6.07, 6.45) is -0.267. The molecule has 0 aromatic heterocycles. The first-order valence-corrected chi connectivity index (χ1v) is 6.25. The van der Waals surface area contributed by atoms with Crippen molar-refractivity contribution >= 4 is 29.0 Å². The SMILES string of the molecule is O=C(Cc1ccc(F)cc1Cl)c1cc(F)c(Cl)cc1F. The standard InChI is InChI=1S/C14H7Cl2F3O/c15-10-4-8(17)2-1-7(10)3-14(20)9-5-13(19)11(16)6-12(9)18/h1-2,4-6H,3H2. The number of rotatable bonds is 3. The molecule has 0 amide bonds. The van der Waals surface area contributed by atoms with Crippen molar-refractivity contribution in [3.05, 3.63) is 69.0 Å². The van der Waals surface area contributed by atoms with Crippen LogP contribution in [0.5, 0.6) is 0 Å². The second kappa shape index (κ2) is 5.85. The van der Waals surface area contributed by atoms with E-state index in [2.05, 4.69) is 0 Å². The number of hydrogen-bond donors (Lipinski definition) is 0. The fourth-order valence-electron chi connectivity index (χ4n) is 1.67. The summed E-state index contributed by atoms with van der Waals surface area (Å²) in [4.78, 5) is 11.9. The molecule has 6 heteroatoms. The monoisotopic (exact) mass is 318 g/mol. The molecule has 0 heterocycles. The molecular weight excluding hydrogens is 312 g/mol. The van der Waals surface area contributed by atoms with E-state index in [4.69, 9.17) is 23.2 Å². The molecule has 0 radical (unpaired) electrons. The second-order valence-electron chi connectivity index (χ2n) is 4.08. The maximum absolute atomic E-state index is 13.6. The van der Waals surface area contributed by atoms with E-state index in [1.165, 1.54) is 6.07 Å². The van der Waals surface area contributed by atoms with Crippen LogP contribution in [0.25, 0.3) is 0 Å². The Kier molecular flexibility index (Phi) is 4.35. The van der Waals surface area contributed by atoms with Gasteiger partial charge in [0, 0.05) is 11.4 Å². The third-order valence-corrected chi connectivity index (χ3v) is 3.32. The van der Waals surface area contributed by atoms with E-state index in [1.54, 1.807) is 0 Å². The minimum atomic E-state index is -0.917. The fourth-order valence-corrected chi connectivity index (χ4v) is 2.05. The Balaban J connectivity index is 2.31. The van der Waals surface area contributed by atoms with Crippen LogP contribution in [0.2, 0.25) is 10.0 Å². The van der Waals surface area contributed by atoms with Gasteiger partial charge in [0.05, 0.1) is 10.6 Å². The van der Waals surface area contributed by atoms with E-state index in [-0.39, 0.29) is 11.4 Å². The Labute approximate surface area is 122 Å². The molecule has 0 N–H and O–H groups in total. The van der Waals surface area contributed by atoms with Crippen molar-refractivity contribution in [2.24, 2.45) is 0 Å². The molecule has 0 atom stereocenters. The second-order valence-corrected chi connectivity index (χ2v) is 4.90. The predicted octanol–water partition coefficient (Wildman–Crippen LogP) is 4.84. The minimum absolute atomic E-state index is 0.0493. The van der Waals surface area contributed by atoms with Gasteiger partial charge >= 0.3 is 0 Å². The van der Waals surface area contributed by atoms with Gasteiger partial charge in [-0.25, -0.2) is 13.2 Å². The van der Waals surface area contributed by atoms with Gasteiger partial charge in [0.25, 0.3) is 0 Å². The van der Waals surface area contributed by atoms with Crippen LogP contribution in [-0.4, -0.2) is 5.78 Å². The van der Waals surface area contributed by atoms with Crippen molar-refractivity contribution in [3.8, 4) is 0 Å². The Morgan fingerprint density at radius 3 is 2.30 bits per heavy atom. The summed E-state index contributed by atoms with van der Waals surface area (Å²) < 4.78 is 39.7. The Bertz CT molecular complexity index is 686. The molecule has 0 unspecified atom stereocenters. The number of ketones is 1. The summed E-state index contributed by atoms with van der Waals surface area (Å²) in [6, 6.07) is 4.96. The maximum atomic E-state index is 13.6. The van der Waals surface area contributed by atoms with Crippen LogP contribution in [-0.2, 0) is 6.42 Å². The summed E-state index contributed by atoms with van der Waals surface area (Å²) in [7, 11) is 0. The molecule has 1 nitrogen and oxygen atoms in total. The van der Waals surface area contributed by atoms with E-state index in [0.29, 0.717) is 5.56 Å². The van der Waals surface area contributed by atoms with Gasteiger partial charge in [-0.15, -0.1) is 0 Å². The molecule has 0 fully saturated rings. The van der Waals surface area contributed by atoms with Crippen molar-refractivity contribution in [3.63, 3.8) is 0 Å². The van der Waals surface area contributed by atoms with Crippen molar-refractivity contribution in [1.29, 1.82) is 0 Å². The number of Topliss-reactive ketones (excluding diaryl/α,β-unsaturated/α-hetero) is 1. The van der Waals surface area contributed by atoms with E-state index in [0.717, 1.165) is 24.3 Å². The third kappa shape index (κ3) is 3.14. The summed E-state index contributed by atoms with van der Waals surface area (Å²) >= 11 is 11.2. The molecule has 0 spiro atoms. The van der Waals surface area contributed by atoms with Crippen LogP contribution in [0.4, 0.5) is 13.2 Å². The number of halogens is 5. The lowest BCUT2D eigenvalue weighted by Crippen LogP contribution is -2.07. The molecule has 0 aliphatic carbocycles. The summed E-state index contributed by atoms with van der Waals surface area (Å²) in [5.74, 6) is -3.03. The average Bonchev–Trinajstić information content (AvgIpc) is 2.37. The van der Waals surface area contributed by atoms with Crippen molar-refractivity contribution in [2.45, 2.75) is 6.42 Å². The number of hydrogen-bond acceptors (Lipinski definition) is 1. The molecule has 2 aromatic carbocycles. The van der Waals surface area contributed by atoms with Gasteiger partial charge in [0.15, 0.2) is 5.78 Å². The molecule has 2 aromatic rings. The topological polar surface area (TPSA) is 17.1 Å². The van der Waals surface area contributed by atoms with Crippen LogP contribution >= 0.6 is 23.2 Å². The third-order valence-electron chi connectivity index (χ3n) is 2.68. The summed E-state index contributed by atoms with van der Waals surface area (Å²) in [5, 5.41) is -0.355. The largest absolute Gasteiger partial charge is 0.294 e. The summed E-state index contributed by atoms with van der Waals surface area (Å²) in [5.41, 5.74) is -0.0971. The molecule has 0 saturated carbocycles. The predicted molar refractivity (Wildman–Crippen MR) is 70.8 cm³/mol. The first-order chi connectivity index (χ1) is 9.38. The zero-order valence-electron chi connectivity index (χ0n) is 9.89. The van der Waals surface area contributed by atoms with E-state index >= 15 is 0 Å². The normalized spacial score (nSPS) is 10.7. The zero-order valence-corrected chi connectivity index (χ0v) is 11.4. The quantitative estimate of drug-likeness (QED) is 0.585. The molecule has 0 saturated heterocycles. The lowest BCUT2D eigenvalue weighted by Gasteiger charge is -2.06. The molecule has 0 aliphatic rings. The highest BCUT2D eigenvalue weighted by Gasteiger charge is 2.17. The molecular formula is C14H7Cl2F3O. The molecule has 0 bridgehead atoms. The van der Waals surface area contributed by atoms with Crippen LogP contribution in [0.1, 0.15) is 15.9 Å². The zero-order chi connectivity index (χ0) is 14.9. The Morgan fingerprint density at radius 2 is 1.65 bits per heavy atom. The van der Waals surface area contributed by atoms with Gasteiger partial charge in [-0.1, -0.05) is 29.3 Å².